The maximum Gasteiger partial charge on any atom is 0.0591 e. The zero-order valence-corrected chi connectivity index (χ0v) is 19.5. The van der Waals surface area contributed by atoms with Crippen LogP contribution in [0.25, 0.3) is 0 Å². The van der Waals surface area contributed by atoms with Crippen molar-refractivity contribution < 1.29 is 10.2 Å². The van der Waals surface area contributed by atoms with Gasteiger partial charge in [0.2, 0.25) is 0 Å². The van der Waals surface area contributed by atoms with Gasteiger partial charge in [0.15, 0.2) is 0 Å². The number of fused-ring (bicyclic) bond motifs is 5. The van der Waals surface area contributed by atoms with Crippen LogP contribution in [0.4, 0.5) is 0 Å². The molecule has 29 heavy (non-hydrogen) atoms. The summed E-state index contributed by atoms with van der Waals surface area (Å²) in [4.78, 5) is 0. The lowest BCUT2D eigenvalue weighted by atomic mass is 9.50. The van der Waals surface area contributed by atoms with E-state index in [2.05, 4.69) is 32.9 Å². The molecule has 2 nitrogen and oxygen atoms in total. The lowest BCUT2D eigenvalue weighted by Crippen LogP contribution is -2.46. The Balaban J connectivity index is 1.51. The average molecular weight is 401 g/mol. The molecular weight excluding hydrogens is 356 g/mol. The second-order valence-electron chi connectivity index (χ2n) is 12.2. The highest BCUT2D eigenvalue weighted by Gasteiger charge is 2.56. The molecule has 4 aliphatic carbocycles. The Morgan fingerprint density at radius 1 is 1.07 bits per heavy atom. The van der Waals surface area contributed by atoms with Gasteiger partial charge in [0.25, 0.3) is 0 Å². The fraction of sp³-hybridized carbons (Fsp3) is 0.852. The molecule has 0 aromatic carbocycles. The number of allylic oxidation sites excluding steroid dienone is 3. The number of hydrogen-bond acceptors (Lipinski definition) is 2. The van der Waals surface area contributed by atoms with Crippen LogP contribution in [0.15, 0.2) is 23.3 Å². The van der Waals surface area contributed by atoms with Crippen molar-refractivity contribution in [1.29, 1.82) is 0 Å². The molecule has 7 atom stereocenters. The Bertz CT molecular complexity index is 683. The molecule has 0 aromatic rings. The maximum absolute atomic E-state index is 10.2. The maximum atomic E-state index is 10.2. The van der Waals surface area contributed by atoms with Crippen LogP contribution in [0, 0.1) is 34.5 Å². The summed E-state index contributed by atoms with van der Waals surface area (Å²) in [7, 11) is 0. The van der Waals surface area contributed by atoms with Gasteiger partial charge in [-0.05, 0) is 99.7 Å². The quantitative estimate of drug-likeness (QED) is 0.559. The molecule has 0 heterocycles. The van der Waals surface area contributed by atoms with Gasteiger partial charge in [0.05, 0.1) is 11.7 Å². The molecule has 4 rings (SSSR count). The Morgan fingerprint density at radius 2 is 1.83 bits per heavy atom. The van der Waals surface area contributed by atoms with Crippen molar-refractivity contribution in [3.05, 3.63) is 23.3 Å². The summed E-state index contributed by atoms with van der Waals surface area (Å²) in [6.07, 6.45) is 16.5. The van der Waals surface area contributed by atoms with E-state index in [4.69, 9.17) is 0 Å². The third-order valence-electron chi connectivity index (χ3n) is 9.75. The van der Waals surface area contributed by atoms with Crippen LogP contribution in [0.1, 0.15) is 98.8 Å². The molecule has 0 aliphatic heterocycles. The summed E-state index contributed by atoms with van der Waals surface area (Å²) in [5.41, 5.74) is 3.49. The first-order valence-electron chi connectivity index (χ1n) is 12.4. The van der Waals surface area contributed by atoms with Crippen molar-refractivity contribution >= 4 is 0 Å². The van der Waals surface area contributed by atoms with Crippen LogP contribution in [0.3, 0.4) is 0 Å². The van der Waals surface area contributed by atoms with Gasteiger partial charge in [-0.2, -0.15) is 0 Å². The van der Waals surface area contributed by atoms with Crippen LogP contribution in [-0.4, -0.2) is 21.9 Å². The van der Waals surface area contributed by atoms with Crippen molar-refractivity contribution in [1.82, 2.24) is 0 Å². The smallest absolute Gasteiger partial charge is 0.0591 e. The van der Waals surface area contributed by atoms with Crippen molar-refractivity contribution in [3.8, 4) is 0 Å². The van der Waals surface area contributed by atoms with Crippen molar-refractivity contribution in [3.63, 3.8) is 0 Å². The lowest BCUT2D eigenvalue weighted by Gasteiger charge is -2.55. The summed E-state index contributed by atoms with van der Waals surface area (Å²) in [5.74, 6) is 3.03. The number of rotatable bonds is 5. The minimum Gasteiger partial charge on any atom is -0.393 e. The largest absolute Gasteiger partial charge is 0.393 e. The predicted molar refractivity (Wildman–Crippen MR) is 120 cm³/mol. The van der Waals surface area contributed by atoms with Gasteiger partial charge >= 0.3 is 0 Å². The summed E-state index contributed by atoms with van der Waals surface area (Å²) >= 11 is 0. The van der Waals surface area contributed by atoms with E-state index >= 15 is 0 Å². The van der Waals surface area contributed by atoms with E-state index in [0.29, 0.717) is 16.7 Å². The van der Waals surface area contributed by atoms with E-state index < -0.39 is 5.60 Å². The molecule has 0 amide bonds. The van der Waals surface area contributed by atoms with E-state index in [1.807, 2.05) is 13.8 Å². The van der Waals surface area contributed by atoms with Crippen LogP contribution >= 0.6 is 0 Å². The first-order valence-corrected chi connectivity index (χ1v) is 12.4. The number of aliphatic hydroxyl groups is 2. The van der Waals surface area contributed by atoms with Gasteiger partial charge in [-0.15, -0.1) is 0 Å². The third kappa shape index (κ3) is 3.78. The number of aliphatic hydroxyl groups excluding tert-OH is 1. The first kappa shape index (κ1) is 21.6. The summed E-state index contributed by atoms with van der Waals surface area (Å²) in [6, 6.07) is 0. The minimum atomic E-state index is -0.528. The van der Waals surface area contributed by atoms with E-state index in [-0.39, 0.29) is 6.10 Å². The van der Waals surface area contributed by atoms with Gasteiger partial charge in [0, 0.05) is 0 Å². The van der Waals surface area contributed by atoms with E-state index in [9.17, 15) is 10.2 Å². The molecule has 0 radical (unpaired) electrons. The molecule has 0 aromatic heterocycles. The van der Waals surface area contributed by atoms with Crippen LogP contribution < -0.4 is 0 Å². The normalized spacial score (nSPS) is 43.0. The van der Waals surface area contributed by atoms with Gasteiger partial charge in [-0.3, -0.25) is 0 Å². The second kappa shape index (κ2) is 7.52. The molecule has 0 saturated heterocycles. The molecule has 3 fully saturated rings. The highest BCUT2D eigenvalue weighted by Crippen LogP contribution is 2.66. The Labute approximate surface area is 178 Å². The summed E-state index contributed by atoms with van der Waals surface area (Å²) < 4.78 is 0. The molecule has 0 unspecified atom stereocenters. The van der Waals surface area contributed by atoms with E-state index in [1.54, 1.807) is 5.57 Å². The third-order valence-corrected chi connectivity index (χ3v) is 9.75. The van der Waals surface area contributed by atoms with Crippen LogP contribution in [0.2, 0.25) is 0 Å². The Kier molecular flexibility index (Phi) is 5.61. The Morgan fingerprint density at radius 3 is 2.55 bits per heavy atom. The van der Waals surface area contributed by atoms with Gasteiger partial charge in [0.1, 0.15) is 0 Å². The predicted octanol–water partition coefficient (Wildman–Crippen LogP) is 6.42. The minimum absolute atomic E-state index is 0.126. The summed E-state index contributed by atoms with van der Waals surface area (Å²) in [5, 5.41) is 20.3. The van der Waals surface area contributed by atoms with Crippen molar-refractivity contribution in [2.24, 2.45) is 34.5 Å². The van der Waals surface area contributed by atoms with Crippen LogP contribution in [0.5, 0.6) is 0 Å². The monoisotopic (exact) mass is 400 g/mol. The summed E-state index contributed by atoms with van der Waals surface area (Å²) in [6.45, 7) is 11.5. The zero-order chi connectivity index (χ0) is 21.0. The fourth-order valence-electron chi connectivity index (χ4n) is 8.02. The highest BCUT2D eigenvalue weighted by molar-refractivity contribution is 5.38. The van der Waals surface area contributed by atoms with Crippen molar-refractivity contribution in [2.45, 2.75) is 111 Å². The van der Waals surface area contributed by atoms with Gasteiger partial charge < -0.3 is 10.2 Å². The molecule has 2 heteroatoms. The molecule has 164 valence electrons. The molecule has 0 bridgehead atoms. The van der Waals surface area contributed by atoms with Crippen molar-refractivity contribution in [2.75, 3.05) is 0 Å². The average Bonchev–Trinajstić information content (AvgIpc) is 2.98. The van der Waals surface area contributed by atoms with Crippen LogP contribution in [-0.2, 0) is 0 Å². The molecular formula is C27H44O2. The van der Waals surface area contributed by atoms with E-state index in [1.165, 1.54) is 37.7 Å². The molecule has 4 aliphatic rings. The lowest BCUT2D eigenvalue weighted by molar-refractivity contribution is 0.0298. The SMILES string of the molecule is C[C@H](CCCC(C)(C)O)[C@H]1CC[C@H]2C3=CC=C4C[C@H](O)CC[C@@]4(C)[C@@H]3CC[C@]12C. The standard InChI is InChI=1S/C27H44O2/c1-18(7-6-14-25(2,3)29)22-10-11-23-21-9-8-19-17-20(28)12-15-26(19,4)24(21)13-16-27(22,23)5/h8-9,18,20,22-24,28-29H,6-7,10-17H2,1-5H3/t18-,20-,22-,23+,24-,26-,27-/m1/s1. The molecule has 2 N–H and O–H groups in total. The topological polar surface area (TPSA) is 40.5 Å². The highest BCUT2D eigenvalue weighted by atomic mass is 16.3. The second-order valence-corrected chi connectivity index (χ2v) is 12.2. The van der Waals surface area contributed by atoms with E-state index in [0.717, 1.165) is 49.9 Å². The zero-order valence-electron chi connectivity index (χ0n) is 19.5. The number of hydrogen-bond donors (Lipinski definition) is 2. The first-order chi connectivity index (χ1) is 13.5. The fourth-order valence-corrected chi connectivity index (χ4v) is 8.02. The molecule has 0 spiro atoms. The Hall–Kier alpha value is -0.600. The molecule has 3 saturated carbocycles. The van der Waals surface area contributed by atoms with Gasteiger partial charge in [-0.25, -0.2) is 0 Å². The van der Waals surface area contributed by atoms with Gasteiger partial charge in [-0.1, -0.05) is 56.9 Å².